The van der Waals surface area contributed by atoms with Gasteiger partial charge in [0.05, 0.1) is 28.9 Å². The van der Waals surface area contributed by atoms with Crippen LogP contribution in [-0.2, 0) is 4.79 Å². The number of hydrogen-bond acceptors (Lipinski definition) is 7. The first-order valence-electron chi connectivity index (χ1n) is 9.98. The third kappa shape index (κ3) is 5.48. The van der Waals surface area contributed by atoms with Crippen LogP contribution < -0.4 is 5.73 Å². The smallest absolute Gasteiger partial charge is 0.279 e. The van der Waals surface area contributed by atoms with Gasteiger partial charge in [-0.1, -0.05) is 0 Å². The molecule has 4 N–H and O–H groups in total. The number of alkyl halides is 2. The minimum atomic E-state index is -2.84. The van der Waals surface area contributed by atoms with Gasteiger partial charge in [0.25, 0.3) is 12.3 Å². The second-order valence-corrected chi connectivity index (χ2v) is 7.20. The molecule has 168 valence electrons. The molecule has 1 aliphatic rings. The summed E-state index contributed by atoms with van der Waals surface area (Å²) in [6, 6.07) is 1.83. The molecule has 2 aromatic heterocycles. The predicted molar refractivity (Wildman–Crippen MR) is 118 cm³/mol. The first-order valence-corrected chi connectivity index (χ1v) is 9.98. The van der Waals surface area contributed by atoms with E-state index in [4.69, 9.17) is 11.1 Å². The number of nitrogens with one attached hydrogen (secondary N) is 2. The maximum absolute atomic E-state index is 12.7. The monoisotopic (exact) mass is 442 g/mol. The van der Waals surface area contributed by atoms with Gasteiger partial charge >= 0.3 is 0 Å². The van der Waals surface area contributed by atoms with Crippen LogP contribution in [0.5, 0.6) is 0 Å². The lowest BCUT2D eigenvalue weighted by Crippen LogP contribution is -2.40. The summed E-state index contributed by atoms with van der Waals surface area (Å²) >= 11 is 0. The minimum Gasteiger partial charge on any atom is -0.404 e. The Hall–Kier alpha value is -3.76. The third-order valence-corrected chi connectivity index (χ3v) is 5.04. The number of halogens is 2. The van der Waals surface area contributed by atoms with Gasteiger partial charge in [0, 0.05) is 44.2 Å². The number of carbonyl (C=O) groups is 1. The fraction of sp³-hybridized carbons (Fsp3) is 0.333. The van der Waals surface area contributed by atoms with Gasteiger partial charge in [0.15, 0.2) is 0 Å². The van der Waals surface area contributed by atoms with Crippen LogP contribution >= 0.6 is 0 Å². The summed E-state index contributed by atoms with van der Waals surface area (Å²) in [5.41, 5.74) is 7.09. The number of nitrogens with zero attached hydrogens (tertiary/aromatic N) is 5. The van der Waals surface area contributed by atoms with Gasteiger partial charge in [-0.25, -0.2) is 23.7 Å². The number of amides is 1. The molecule has 0 aromatic carbocycles. The molecule has 32 heavy (non-hydrogen) atoms. The van der Waals surface area contributed by atoms with E-state index in [2.05, 4.69) is 24.9 Å². The molecule has 9 nitrogen and oxygen atoms in total. The van der Waals surface area contributed by atoms with Crippen LogP contribution in [0.25, 0.3) is 17.5 Å². The topological polar surface area (TPSA) is 137 Å². The van der Waals surface area contributed by atoms with Crippen LogP contribution in [0.15, 0.2) is 41.4 Å². The molecule has 3 rings (SSSR count). The molecule has 0 saturated carbocycles. The molecule has 1 amide bonds. The molecule has 0 radical (unpaired) electrons. The Labute approximate surface area is 183 Å². The second-order valence-electron chi connectivity index (χ2n) is 7.20. The lowest BCUT2D eigenvalue weighted by atomic mass is 9.93. The summed E-state index contributed by atoms with van der Waals surface area (Å²) in [5.74, 6) is 0.191. The Bertz CT molecular complexity index is 1060. The summed E-state index contributed by atoms with van der Waals surface area (Å²) in [7, 11) is 1.58. The number of carbonyl (C=O) groups excluding carboxylic acids is 1. The lowest BCUT2D eigenvalue weighted by Gasteiger charge is -2.32. The number of H-pyrrole nitrogens is 1. The molecule has 1 saturated heterocycles. The van der Waals surface area contributed by atoms with Crippen molar-refractivity contribution in [3.8, 4) is 11.4 Å². The van der Waals surface area contributed by atoms with Crippen LogP contribution in [-0.4, -0.2) is 69.2 Å². The van der Waals surface area contributed by atoms with E-state index in [9.17, 15) is 13.6 Å². The average Bonchev–Trinajstić information content (AvgIpc) is 3.30. The van der Waals surface area contributed by atoms with E-state index in [1.807, 2.05) is 6.07 Å². The maximum Gasteiger partial charge on any atom is 0.279 e. The molecule has 0 aliphatic carbocycles. The van der Waals surface area contributed by atoms with Crippen LogP contribution in [0.4, 0.5) is 8.78 Å². The van der Waals surface area contributed by atoms with E-state index in [0.29, 0.717) is 35.9 Å². The SMILES string of the molecule is CN=CC(=CN)C(=O)N1CCCC(c2cc(-c3cnc(/C=C\C(=N)C(F)F)[nH]3)ncn2)C1. The minimum absolute atomic E-state index is 0.0286. The first-order chi connectivity index (χ1) is 15.4. The Balaban J connectivity index is 1.75. The van der Waals surface area contributed by atoms with Crippen LogP contribution in [0, 0.1) is 5.41 Å². The fourth-order valence-corrected chi connectivity index (χ4v) is 3.43. The molecule has 2 aromatic rings. The summed E-state index contributed by atoms with van der Waals surface area (Å²) in [6.07, 6.45) is 6.86. The first kappa shape index (κ1) is 22.9. The Morgan fingerprint density at radius 3 is 2.94 bits per heavy atom. The molecule has 1 atom stereocenters. The standard InChI is InChI=1S/C21H24F2N8O/c1-26-9-14(8-24)21(32)31-6-2-3-13(11-31)16-7-17(29-12-28-16)18-10-27-19(30-18)5-4-15(25)20(22)23/h4-5,7-10,12-13,20,25H,2-3,6,11,24H2,1H3,(H,27,30)/b5-4-,14-8?,25-15?,26-9?. The predicted octanol–water partition coefficient (Wildman–Crippen LogP) is 2.41. The van der Waals surface area contributed by atoms with Gasteiger partial charge in [0.2, 0.25) is 0 Å². The van der Waals surface area contributed by atoms with Crippen molar-refractivity contribution in [3.05, 3.63) is 48.0 Å². The molecule has 11 heteroatoms. The van der Waals surface area contributed by atoms with Crippen LogP contribution in [0.3, 0.4) is 0 Å². The lowest BCUT2D eigenvalue weighted by molar-refractivity contribution is -0.127. The number of piperidine rings is 1. The Kier molecular flexibility index (Phi) is 7.53. The summed E-state index contributed by atoms with van der Waals surface area (Å²) in [6.45, 7) is 1.13. The number of likely N-dealkylation sites (tertiary alicyclic amines) is 1. The number of aromatic amines is 1. The van der Waals surface area contributed by atoms with Crippen molar-refractivity contribution in [3.63, 3.8) is 0 Å². The quantitative estimate of drug-likeness (QED) is 0.447. The van der Waals surface area contributed by atoms with Crippen LogP contribution in [0.2, 0.25) is 0 Å². The van der Waals surface area contributed by atoms with Crippen molar-refractivity contribution < 1.29 is 13.6 Å². The summed E-state index contributed by atoms with van der Waals surface area (Å²) < 4.78 is 24.9. The molecule has 0 bridgehead atoms. The van der Waals surface area contributed by atoms with E-state index in [1.54, 1.807) is 11.9 Å². The fourth-order valence-electron chi connectivity index (χ4n) is 3.43. The molecular weight excluding hydrogens is 418 g/mol. The third-order valence-electron chi connectivity index (χ3n) is 5.04. The van der Waals surface area contributed by atoms with E-state index in [0.717, 1.165) is 24.6 Å². The Morgan fingerprint density at radius 2 is 2.22 bits per heavy atom. The van der Waals surface area contributed by atoms with Crippen molar-refractivity contribution >= 4 is 23.9 Å². The van der Waals surface area contributed by atoms with Crippen LogP contribution in [0.1, 0.15) is 30.3 Å². The van der Waals surface area contributed by atoms with Crippen molar-refractivity contribution in [1.29, 1.82) is 5.41 Å². The number of nitrogens with two attached hydrogens (primary N) is 1. The van der Waals surface area contributed by atoms with E-state index in [1.165, 1.54) is 31.0 Å². The highest BCUT2D eigenvalue weighted by Gasteiger charge is 2.27. The van der Waals surface area contributed by atoms with E-state index >= 15 is 0 Å². The number of hydrogen-bond donors (Lipinski definition) is 3. The Morgan fingerprint density at radius 1 is 1.41 bits per heavy atom. The zero-order chi connectivity index (χ0) is 23.1. The van der Waals surface area contributed by atoms with Gasteiger partial charge in [-0.2, -0.15) is 0 Å². The zero-order valence-electron chi connectivity index (χ0n) is 17.5. The second kappa shape index (κ2) is 10.5. The number of allylic oxidation sites excluding steroid dienone is 1. The highest BCUT2D eigenvalue weighted by molar-refractivity contribution is 6.12. The molecule has 1 unspecified atom stereocenters. The van der Waals surface area contributed by atoms with Gasteiger partial charge < -0.3 is 15.6 Å². The van der Waals surface area contributed by atoms with Gasteiger partial charge in [-0.15, -0.1) is 0 Å². The van der Waals surface area contributed by atoms with Crippen molar-refractivity contribution in [1.82, 2.24) is 24.8 Å². The number of aromatic nitrogens is 4. The molecular formula is C21H24F2N8O. The average molecular weight is 442 g/mol. The maximum atomic E-state index is 12.7. The normalized spacial score (nSPS) is 17.6. The number of imidazole rings is 1. The number of rotatable bonds is 7. The largest absolute Gasteiger partial charge is 0.404 e. The number of aliphatic imine (C=N–C) groups is 1. The van der Waals surface area contributed by atoms with Crippen molar-refractivity contribution in [2.75, 3.05) is 20.1 Å². The highest BCUT2D eigenvalue weighted by atomic mass is 19.3. The van der Waals surface area contributed by atoms with Crippen molar-refractivity contribution in [2.45, 2.75) is 25.2 Å². The van der Waals surface area contributed by atoms with Gasteiger partial charge in [-0.05, 0) is 31.1 Å². The molecule has 3 heterocycles. The van der Waals surface area contributed by atoms with E-state index < -0.39 is 12.1 Å². The van der Waals surface area contributed by atoms with E-state index in [-0.39, 0.29) is 11.8 Å². The molecule has 0 spiro atoms. The van der Waals surface area contributed by atoms with Gasteiger partial charge in [0.1, 0.15) is 12.2 Å². The van der Waals surface area contributed by atoms with Crippen molar-refractivity contribution in [2.24, 2.45) is 10.7 Å². The zero-order valence-corrected chi connectivity index (χ0v) is 17.5. The molecule has 1 fully saturated rings. The molecule has 1 aliphatic heterocycles. The van der Waals surface area contributed by atoms with Gasteiger partial charge in [-0.3, -0.25) is 15.2 Å². The summed E-state index contributed by atoms with van der Waals surface area (Å²) in [5, 5.41) is 7.17. The highest BCUT2D eigenvalue weighted by Crippen LogP contribution is 2.28. The summed E-state index contributed by atoms with van der Waals surface area (Å²) in [4.78, 5) is 34.1.